The van der Waals surface area contributed by atoms with Crippen LogP contribution in [0.1, 0.15) is 5.56 Å². The first-order valence-electron chi connectivity index (χ1n) is 5.14. The van der Waals surface area contributed by atoms with E-state index in [9.17, 15) is 14.9 Å². The molecule has 0 aromatic heterocycles. The number of aliphatic hydroxyl groups excluding tert-OH is 1. The van der Waals surface area contributed by atoms with Crippen LogP contribution in [-0.2, 0) is 16.0 Å². The Morgan fingerprint density at radius 1 is 1.61 bits per heavy atom. The molecule has 3 N–H and O–H groups in total. The van der Waals surface area contributed by atoms with Crippen molar-refractivity contribution in [2.75, 3.05) is 13.7 Å². The molecular formula is C11H14N2O5. The molecule has 7 heteroatoms. The Hall–Kier alpha value is -1.99. The van der Waals surface area contributed by atoms with Gasteiger partial charge >= 0.3 is 5.97 Å². The Morgan fingerprint density at radius 2 is 2.28 bits per heavy atom. The minimum atomic E-state index is -1.59. The van der Waals surface area contributed by atoms with E-state index >= 15 is 0 Å². The molecule has 0 saturated heterocycles. The van der Waals surface area contributed by atoms with Crippen molar-refractivity contribution >= 4 is 11.7 Å². The number of methoxy groups -OCH3 is 1. The largest absolute Gasteiger partial charge is 0.468 e. The summed E-state index contributed by atoms with van der Waals surface area (Å²) in [6, 6.07) is 5.72. The number of nitrogens with zero attached hydrogens (tertiary/aromatic N) is 1. The third-order valence-corrected chi connectivity index (χ3v) is 2.52. The highest BCUT2D eigenvalue weighted by atomic mass is 16.6. The zero-order valence-electron chi connectivity index (χ0n) is 9.83. The number of rotatable bonds is 5. The van der Waals surface area contributed by atoms with Crippen LogP contribution in [0.5, 0.6) is 0 Å². The Kier molecular flexibility index (Phi) is 4.35. The lowest BCUT2D eigenvalue weighted by Gasteiger charge is -2.23. The lowest BCUT2D eigenvalue weighted by atomic mass is 9.92. The molecule has 0 saturated carbocycles. The predicted molar refractivity (Wildman–Crippen MR) is 62.8 cm³/mol. The molecule has 0 heterocycles. The van der Waals surface area contributed by atoms with Crippen LogP contribution in [0.15, 0.2) is 24.3 Å². The van der Waals surface area contributed by atoms with Gasteiger partial charge in [0.2, 0.25) is 0 Å². The van der Waals surface area contributed by atoms with Crippen molar-refractivity contribution in [2.45, 2.75) is 12.0 Å². The van der Waals surface area contributed by atoms with Gasteiger partial charge in [0.1, 0.15) is 5.54 Å². The van der Waals surface area contributed by atoms with Crippen LogP contribution in [-0.4, -0.2) is 35.3 Å². The van der Waals surface area contributed by atoms with E-state index in [1.54, 1.807) is 6.07 Å². The van der Waals surface area contributed by atoms with Gasteiger partial charge in [-0.15, -0.1) is 0 Å². The van der Waals surface area contributed by atoms with E-state index in [2.05, 4.69) is 4.74 Å². The highest BCUT2D eigenvalue weighted by Crippen LogP contribution is 2.18. The van der Waals surface area contributed by atoms with E-state index in [0.717, 1.165) is 7.11 Å². The van der Waals surface area contributed by atoms with Crippen LogP contribution in [0.25, 0.3) is 0 Å². The third-order valence-electron chi connectivity index (χ3n) is 2.52. The number of non-ortho nitro benzene ring substituents is 1. The molecule has 1 atom stereocenters. The van der Waals surface area contributed by atoms with Crippen molar-refractivity contribution in [3.05, 3.63) is 39.9 Å². The SMILES string of the molecule is COC(=O)C(N)(CO)Cc1cccc([N+](=O)[O-])c1. The van der Waals surface area contributed by atoms with Crippen LogP contribution in [0.4, 0.5) is 5.69 Å². The lowest BCUT2D eigenvalue weighted by Crippen LogP contribution is -2.53. The molecule has 1 aromatic rings. The van der Waals surface area contributed by atoms with Gasteiger partial charge in [-0.1, -0.05) is 12.1 Å². The minimum absolute atomic E-state index is 0.0438. The fourth-order valence-corrected chi connectivity index (χ4v) is 1.54. The van der Waals surface area contributed by atoms with Crippen molar-refractivity contribution in [3.8, 4) is 0 Å². The summed E-state index contributed by atoms with van der Waals surface area (Å²) in [4.78, 5) is 21.5. The Morgan fingerprint density at radius 3 is 2.78 bits per heavy atom. The number of benzene rings is 1. The highest BCUT2D eigenvalue weighted by Gasteiger charge is 2.35. The zero-order chi connectivity index (χ0) is 13.8. The highest BCUT2D eigenvalue weighted by molar-refractivity contribution is 5.81. The number of nitrogens with two attached hydrogens (primary N) is 1. The van der Waals surface area contributed by atoms with Gasteiger partial charge in [-0.05, 0) is 5.56 Å². The van der Waals surface area contributed by atoms with E-state index in [1.807, 2.05) is 0 Å². The molecule has 0 radical (unpaired) electrons. The van der Waals surface area contributed by atoms with E-state index in [4.69, 9.17) is 10.8 Å². The van der Waals surface area contributed by atoms with Crippen molar-refractivity contribution in [2.24, 2.45) is 5.73 Å². The summed E-state index contributed by atoms with van der Waals surface area (Å²) in [5.74, 6) is -0.767. The van der Waals surface area contributed by atoms with Crippen LogP contribution in [0, 0.1) is 10.1 Å². The molecule has 0 aliphatic heterocycles. The second kappa shape index (κ2) is 5.56. The molecule has 0 spiro atoms. The summed E-state index contributed by atoms with van der Waals surface area (Å²) in [5, 5.41) is 19.8. The van der Waals surface area contributed by atoms with Crippen molar-refractivity contribution < 1.29 is 19.6 Å². The van der Waals surface area contributed by atoms with Gasteiger partial charge in [0.05, 0.1) is 18.6 Å². The normalized spacial score (nSPS) is 13.7. The van der Waals surface area contributed by atoms with E-state index in [-0.39, 0.29) is 12.1 Å². The number of aliphatic hydroxyl groups is 1. The van der Waals surface area contributed by atoms with Crippen LogP contribution < -0.4 is 5.73 Å². The predicted octanol–water partition coefficient (Wildman–Crippen LogP) is 0.000100. The van der Waals surface area contributed by atoms with Gasteiger partial charge in [0, 0.05) is 18.6 Å². The number of esters is 1. The molecule has 98 valence electrons. The van der Waals surface area contributed by atoms with Gasteiger partial charge in [0.15, 0.2) is 0 Å². The van der Waals surface area contributed by atoms with Crippen molar-refractivity contribution in [1.82, 2.24) is 0 Å². The fraction of sp³-hybridized carbons (Fsp3) is 0.364. The Balaban J connectivity index is 2.98. The van der Waals surface area contributed by atoms with Crippen LogP contribution in [0.2, 0.25) is 0 Å². The minimum Gasteiger partial charge on any atom is -0.468 e. The lowest BCUT2D eigenvalue weighted by molar-refractivity contribution is -0.384. The quantitative estimate of drug-likeness (QED) is 0.434. The average molecular weight is 254 g/mol. The number of nitro groups is 1. The average Bonchev–Trinajstić information content (AvgIpc) is 2.37. The third kappa shape index (κ3) is 3.02. The van der Waals surface area contributed by atoms with Crippen molar-refractivity contribution in [1.29, 1.82) is 0 Å². The maximum absolute atomic E-state index is 11.4. The molecule has 0 amide bonds. The number of nitro benzene ring substituents is 1. The standard InChI is InChI=1S/C11H14N2O5/c1-18-10(15)11(12,7-14)6-8-3-2-4-9(5-8)13(16)17/h2-5,14H,6-7,12H2,1H3. The number of carbonyl (C=O) groups is 1. The summed E-state index contributed by atoms with van der Waals surface area (Å²) in [7, 11) is 1.16. The summed E-state index contributed by atoms with van der Waals surface area (Å²) < 4.78 is 4.50. The molecule has 7 nitrogen and oxygen atoms in total. The van der Waals surface area contributed by atoms with Gasteiger partial charge in [-0.3, -0.25) is 10.1 Å². The second-order valence-corrected chi connectivity index (χ2v) is 3.91. The van der Waals surface area contributed by atoms with Gasteiger partial charge in [0.25, 0.3) is 5.69 Å². The summed E-state index contributed by atoms with van der Waals surface area (Å²) in [5.41, 5.74) is 4.50. The summed E-state index contributed by atoms with van der Waals surface area (Å²) in [6.45, 7) is -0.609. The second-order valence-electron chi connectivity index (χ2n) is 3.91. The Bertz CT molecular complexity index is 463. The topological polar surface area (TPSA) is 116 Å². The first-order valence-corrected chi connectivity index (χ1v) is 5.14. The summed E-state index contributed by atoms with van der Waals surface area (Å²) >= 11 is 0. The molecule has 1 unspecified atom stereocenters. The van der Waals surface area contributed by atoms with Gasteiger partial charge in [-0.25, -0.2) is 4.79 Å². The summed E-state index contributed by atoms with van der Waals surface area (Å²) in [6.07, 6.45) is -0.0438. The molecule has 0 aliphatic carbocycles. The molecule has 18 heavy (non-hydrogen) atoms. The maximum atomic E-state index is 11.4. The smallest absolute Gasteiger partial charge is 0.328 e. The molecule has 1 aromatic carbocycles. The van der Waals surface area contributed by atoms with Gasteiger partial charge in [-0.2, -0.15) is 0 Å². The Labute approximate surface area is 103 Å². The number of carbonyl (C=O) groups excluding carboxylic acids is 1. The van der Waals surface area contributed by atoms with Crippen LogP contribution >= 0.6 is 0 Å². The van der Waals surface area contributed by atoms with E-state index < -0.39 is 23.0 Å². The zero-order valence-corrected chi connectivity index (χ0v) is 9.83. The molecule has 0 fully saturated rings. The van der Waals surface area contributed by atoms with Crippen LogP contribution in [0.3, 0.4) is 0 Å². The number of ether oxygens (including phenoxy) is 1. The van der Waals surface area contributed by atoms with E-state index in [1.165, 1.54) is 18.2 Å². The molecule has 0 bridgehead atoms. The fourth-order valence-electron chi connectivity index (χ4n) is 1.54. The number of hydrogen-bond donors (Lipinski definition) is 2. The van der Waals surface area contributed by atoms with E-state index in [0.29, 0.717) is 5.56 Å². The monoisotopic (exact) mass is 254 g/mol. The molecule has 1 rings (SSSR count). The van der Waals surface area contributed by atoms with Crippen molar-refractivity contribution in [3.63, 3.8) is 0 Å². The molecule has 0 aliphatic rings. The number of hydrogen-bond acceptors (Lipinski definition) is 6. The maximum Gasteiger partial charge on any atom is 0.328 e. The first kappa shape index (κ1) is 14.1. The van der Waals surface area contributed by atoms with Gasteiger partial charge < -0.3 is 15.6 Å². The molecular weight excluding hydrogens is 240 g/mol. The first-order chi connectivity index (χ1) is 8.42.